The topological polar surface area (TPSA) is 54.4 Å². The van der Waals surface area contributed by atoms with Gasteiger partial charge in [0.2, 0.25) is 0 Å². The van der Waals surface area contributed by atoms with Crippen molar-refractivity contribution in [3.05, 3.63) is 0 Å². The molecule has 1 atom stereocenters. The fourth-order valence-corrected chi connectivity index (χ4v) is 1.84. The van der Waals surface area contributed by atoms with Crippen LogP contribution in [0, 0.1) is 5.92 Å². The van der Waals surface area contributed by atoms with Crippen LogP contribution >= 0.6 is 15.9 Å². The molecule has 0 saturated heterocycles. The van der Waals surface area contributed by atoms with E-state index in [1.807, 2.05) is 0 Å². The highest BCUT2D eigenvalue weighted by molar-refractivity contribution is 9.09. The third kappa shape index (κ3) is 5.80. The number of alkyl halides is 1. The number of carbonyl (C=O) groups is 2. The maximum Gasteiger partial charge on any atom is 0.290 e. The van der Waals surface area contributed by atoms with E-state index in [0.29, 0.717) is 11.7 Å². The molecule has 1 N–H and O–H groups in total. The van der Waals surface area contributed by atoms with Crippen molar-refractivity contribution in [2.45, 2.75) is 32.1 Å². The summed E-state index contributed by atoms with van der Waals surface area (Å²) >= 11 is 3.37. The van der Waals surface area contributed by atoms with Gasteiger partial charge in [-0.25, -0.2) is 0 Å². The molecule has 0 radical (unpaired) electrons. The largest absolute Gasteiger partial charge is 0.483 e. The molecule has 0 amide bonds. The summed E-state index contributed by atoms with van der Waals surface area (Å²) in [5.74, 6) is 0.915. The van der Waals surface area contributed by atoms with Crippen molar-refractivity contribution < 1.29 is 14.7 Å². The molecule has 0 aromatic carbocycles. The number of Topliss-reactive ketones (excluding diaryl/α,β-unsaturated/α-hetero) is 1. The minimum absolute atomic E-state index is 0.250. The summed E-state index contributed by atoms with van der Waals surface area (Å²) < 4.78 is 0. The summed E-state index contributed by atoms with van der Waals surface area (Å²) in [6.07, 6.45) is 5.37. The molecule has 1 saturated carbocycles. The smallest absolute Gasteiger partial charge is 0.290 e. The first-order chi connectivity index (χ1) is 6.26. The van der Waals surface area contributed by atoms with E-state index in [2.05, 4.69) is 15.9 Å². The summed E-state index contributed by atoms with van der Waals surface area (Å²) in [5, 5.41) is 7.93. The maximum absolute atomic E-state index is 11.1. The molecule has 76 valence electrons. The minimum atomic E-state index is -0.250. The van der Waals surface area contributed by atoms with Gasteiger partial charge in [0.25, 0.3) is 6.47 Å². The van der Waals surface area contributed by atoms with Gasteiger partial charge in [0.15, 0.2) is 0 Å². The number of hydrogen-bond acceptors (Lipinski definition) is 2. The number of carbonyl (C=O) groups excluding carboxylic acids is 1. The Balaban J connectivity index is 0.000000424. The number of halogens is 1. The van der Waals surface area contributed by atoms with Gasteiger partial charge in [-0.05, 0) is 25.7 Å². The van der Waals surface area contributed by atoms with E-state index in [0.717, 1.165) is 37.4 Å². The van der Waals surface area contributed by atoms with Gasteiger partial charge in [-0.1, -0.05) is 15.9 Å². The summed E-state index contributed by atoms with van der Waals surface area (Å²) in [6.45, 7) is -0.250. The highest BCUT2D eigenvalue weighted by atomic mass is 79.9. The van der Waals surface area contributed by atoms with Gasteiger partial charge in [0.05, 0.1) is 0 Å². The summed E-state index contributed by atoms with van der Waals surface area (Å²) in [7, 11) is 0. The molecule has 0 heterocycles. The van der Waals surface area contributed by atoms with Crippen molar-refractivity contribution in [3.63, 3.8) is 0 Å². The van der Waals surface area contributed by atoms with E-state index in [4.69, 9.17) is 9.90 Å². The lowest BCUT2D eigenvalue weighted by atomic mass is 10.0. The predicted molar refractivity (Wildman–Crippen MR) is 54.1 cm³/mol. The summed E-state index contributed by atoms with van der Waals surface area (Å²) in [4.78, 5) is 19.4. The fourth-order valence-electron chi connectivity index (χ4n) is 1.52. The molecule has 0 aromatic heterocycles. The second-order valence-corrected chi connectivity index (χ2v) is 3.79. The monoisotopic (exact) mass is 250 g/mol. The van der Waals surface area contributed by atoms with Gasteiger partial charge in [0.1, 0.15) is 5.78 Å². The molecule has 3 nitrogen and oxygen atoms in total. The third-order valence-electron chi connectivity index (χ3n) is 2.12. The van der Waals surface area contributed by atoms with E-state index in [-0.39, 0.29) is 6.47 Å². The van der Waals surface area contributed by atoms with Gasteiger partial charge in [-0.15, -0.1) is 0 Å². The van der Waals surface area contributed by atoms with Crippen LogP contribution in [-0.4, -0.2) is 22.7 Å². The number of hydrogen-bond donors (Lipinski definition) is 1. The van der Waals surface area contributed by atoms with E-state index in [9.17, 15) is 4.79 Å². The molecule has 1 rings (SSSR count). The first-order valence-corrected chi connectivity index (χ1v) is 5.55. The second kappa shape index (κ2) is 8.23. The van der Waals surface area contributed by atoms with Crippen molar-refractivity contribution in [2.24, 2.45) is 5.92 Å². The van der Waals surface area contributed by atoms with Gasteiger partial charge < -0.3 is 5.11 Å². The number of rotatable bonds is 3. The van der Waals surface area contributed by atoms with Crippen LogP contribution in [-0.2, 0) is 9.59 Å². The fraction of sp³-hybridized carbons (Fsp3) is 0.778. The van der Waals surface area contributed by atoms with Crippen LogP contribution in [0.15, 0.2) is 0 Å². The second-order valence-electron chi connectivity index (χ2n) is 2.99. The molecule has 0 aliphatic heterocycles. The Kier molecular flexibility index (Phi) is 7.99. The molecule has 13 heavy (non-hydrogen) atoms. The number of ketones is 1. The Morgan fingerprint density at radius 3 is 2.62 bits per heavy atom. The van der Waals surface area contributed by atoms with Crippen molar-refractivity contribution >= 4 is 28.2 Å². The molecule has 1 aliphatic rings. The van der Waals surface area contributed by atoms with E-state index < -0.39 is 0 Å². The summed E-state index contributed by atoms with van der Waals surface area (Å²) in [6, 6.07) is 0. The zero-order chi connectivity index (χ0) is 10.1. The Hall–Kier alpha value is -0.380. The molecule has 4 heteroatoms. The molecule has 0 bridgehead atoms. The Morgan fingerprint density at radius 1 is 1.62 bits per heavy atom. The minimum Gasteiger partial charge on any atom is -0.483 e. The molecule has 1 aliphatic carbocycles. The van der Waals surface area contributed by atoms with Crippen molar-refractivity contribution in [2.75, 3.05) is 5.33 Å². The average Bonchev–Trinajstić information content (AvgIpc) is 2.49. The average molecular weight is 251 g/mol. The summed E-state index contributed by atoms with van der Waals surface area (Å²) in [5.41, 5.74) is 0. The lowest BCUT2D eigenvalue weighted by Crippen LogP contribution is -2.05. The standard InChI is InChI=1S/C8H13BrO.CH2O2/c9-6-2-4-7-3-1-5-8(7)10;2-1-3/h7H,1-6H2;1H,(H,2,3)/t7-;/m0./s1. The Bertz CT molecular complexity index is 159. The highest BCUT2D eigenvalue weighted by Crippen LogP contribution is 2.25. The van der Waals surface area contributed by atoms with Crippen molar-refractivity contribution in [1.29, 1.82) is 0 Å². The van der Waals surface area contributed by atoms with Gasteiger partial charge in [0, 0.05) is 17.7 Å². The molecular formula is C9H15BrO3. The SMILES string of the molecule is O=C1CCC[C@H]1CCCBr.O=CO. The van der Waals surface area contributed by atoms with E-state index in [1.165, 1.54) is 0 Å². The normalized spacial score (nSPS) is 20.7. The van der Waals surface area contributed by atoms with Crippen LogP contribution in [0.1, 0.15) is 32.1 Å². The van der Waals surface area contributed by atoms with Gasteiger partial charge in [-0.3, -0.25) is 9.59 Å². The van der Waals surface area contributed by atoms with Crippen molar-refractivity contribution in [3.8, 4) is 0 Å². The highest BCUT2D eigenvalue weighted by Gasteiger charge is 2.22. The first-order valence-electron chi connectivity index (χ1n) is 4.42. The molecule has 1 fully saturated rings. The van der Waals surface area contributed by atoms with Gasteiger partial charge >= 0.3 is 0 Å². The van der Waals surface area contributed by atoms with Crippen LogP contribution in [0.25, 0.3) is 0 Å². The molecule has 0 spiro atoms. The maximum atomic E-state index is 11.1. The lowest BCUT2D eigenvalue weighted by Gasteiger charge is -2.03. The van der Waals surface area contributed by atoms with Crippen LogP contribution in [0.3, 0.4) is 0 Å². The van der Waals surface area contributed by atoms with Crippen LogP contribution in [0.2, 0.25) is 0 Å². The van der Waals surface area contributed by atoms with Crippen molar-refractivity contribution in [1.82, 2.24) is 0 Å². The molecule has 0 unspecified atom stereocenters. The lowest BCUT2D eigenvalue weighted by molar-refractivity contribution is -0.123. The third-order valence-corrected chi connectivity index (χ3v) is 2.68. The van der Waals surface area contributed by atoms with E-state index >= 15 is 0 Å². The molecule has 0 aromatic rings. The Labute approximate surface area is 86.6 Å². The number of carboxylic acid groups (broad SMARTS) is 1. The van der Waals surface area contributed by atoms with Gasteiger partial charge in [-0.2, -0.15) is 0 Å². The van der Waals surface area contributed by atoms with Crippen LogP contribution in [0.5, 0.6) is 0 Å². The predicted octanol–water partition coefficient (Wildman–Crippen LogP) is 2.23. The Morgan fingerprint density at radius 2 is 2.23 bits per heavy atom. The quantitative estimate of drug-likeness (QED) is 0.618. The van der Waals surface area contributed by atoms with Crippen LogP contribution in [0.4, 0.5) is 0 Å². The zero-order valence-corrected chi connectivity index (χ0v) is 9.13. The molecular weight excluding hydrogens is 236 g/mol. The van der Waals surface area contributed by atoms with Crippen LogP contribution < -0.4 is 0 Å². The van der Waals surface area contributed by atoms with E-state index in [1.54, 1.807) is 0 Å². The first kappa shape index (κ1) is 12.6. The zero-order valence-electron chi connectivity index (χ0n) is 7.54.